The molecule has 21 heavy (non-hydrogen) atoms. The number of nitrogens with zero attached hydrogens (tertiary/aromatic N) is 1. The molecule has 1 heterocycles. The van der Waals surface area contributed by atoms with Crippen LogP contribution in [0, 0.1) is 0 Å². The van der Waals surface area contributed by atoms with E-state index in [0.29, 0.717) is 22.9 Å². The third-order valence-corrected chi connectivity index (χ3v) is 3.36. The zero-order valence-corrected chi connectivity index (χ0v) is 11.0. The van der Waals surface area contributed by atoms with E-state index in [1.807, 2.05) is 0 Å². The van der Waals surface area contributed by atoms with E-state index in [2.05, 4.69) is 0 Å². The van der Waals surface area contributed by atoms with Gasteiger partial charge in [0, 0.05) is 7.05 Å². The average molecular weight is 285 g/mol. The van der Waals surface area contributed by atoms with Crippen molar-refractivity contribution in [1.29, 1.82) is 0 Å². The van der Waals surface area contributed by atoms with Crippen LogP contribution >= 0.6 is 0 Å². The highest BCUT2D eigenvalue weighted by Gasteiger charge is 2.23. The Morgan fingerprint density at radius 3 is 2.19 bits per heavy atom. The molecule has 0 radical (unpaired) electrons. The van der Waals surface area contributed by atoms with Gasteiger partial charge in [-0.05, 0) is 36.4 Å². The van der Waals surface area contributed by atoms with Crippen molar-refractivity contribution in [2.75, 3.05) is 11.9 Å². The minimum absolute atomic E-state index is 0.132. The SMILES string of the molecule is CN1c2ccc(C(=O)O)cc2Oc2ccc(C(=O)O)cc21. The molecule has 6 nitrogen and oxygen atoms in total. The molecule has 0 fully saturated rings. The largest absolute Gasteiger partial charge is 0.478 e. The Balaban J connectivity index is 2.10. The van der Waals surface area contributed by atoms with Crippen molar-refractivity contribution < 1.29 is 24.5 Å². The van der Waals surface area contributed by atoms with Gasteiger partial charge >= 0.3 is 11.9 Å². The van der Waals surface area contributed by atoms with Crippen LogP contribution < -0.4 is 9.64 Å². The Morgan fingerprint density at radius 1 is 0.905 bits per heavy atom. The van der Waals surface area contributed by atoms with Gasteiger partial charge in [-0.3, -0.25) is 0 Å². The fourth-order valence-corrected chi connectivity index (χ4v) is 2.25. The number of hydrogen-bond acceptors (Lipinski definition) is 4. The van der Waals surface area contributed by atoms with Crippen LogP contribution in [0.4, 0.5) is 11.4 Å². The summed E-state index contributed by atoms with van der Waals surface area (Å²) in [5.74, 6) is -1.14. The minimum atomic E-state index is -1.03. The van der Waals surface area contributed by atoms with Gasteiger partial charge in [0.15, 0.2) is 11.5 Å². The number of anilines is 2. The number of benzene rings is 2. The van der Waals surface area contributed by atoms with Crippen LogP contribution in [0.5, 0.6) is 11.5 Å². The highest BCUT2D eigenvalue weighted by molar-refractivity contribution is 5.93. The maximum atomic E-state index is 11.0. The number of hydrogen-bond donors (Lipinski definition) is 2. The van der Waals surface area contributed by atoms with Gasteiger partial charge in [0.05, 0.1) is 22.5 Å². The van der Waals surface area contributed by atoms with Crippen LogP contribution in [0.1, 0.15) is 20.7 Å². The molecule has 2 aromatic rings. The molecule has 1 aliphatic rings. The molecular weight excluding hydrogens is 274 g/mol. The lowest BCUT2D eigenvalue weighted by molar-refractivity contribution is 0.0685. The Hall–Kier alpha value is -3.02. The standard InChI is InChI=1S/C15H11NO5/c1-16-10-4-2-9(15(19)20)7-13(10)21-12-5-3-8(14(17)18)6-11(12)16/h2-7H,1H3,(H,17,18)(H,19,20). The number of carboxylic acid groups (broad SMARTS) is 2. The molecule has 1 aliphatic heterocycles. The van der Waals surface area contributed by atoms with E-state index in [1.165, 1.54) is 24.3 Å². The minimum Gasteiger partial charge on any atom is -0.478 e. The number of carbonyl (C=O) groups is 2. The molecule has 0 aromatic heterocycles. The summed E-state index contributed by atoms with van der Waals surface area (Å²) in [6.45, 7) is 0. The normalized spacial score (nSPS) is 12.1. The summed E-state index contributed by atoms with van der Waals surface area (Å²) in [7, 11) is 1.77. The van der Waals surface area contributed by atoms with Gasteiger partial charge in [0.25, 0.3) is 0 Å². The molecule has 0 amide bonds. The molecule has 6 heteroatoms. The fourth-order valence-electron chi connectivity index (χ4n) is 2.25. The smallest absolute Gasteiger partial charge is 0.335 e. The van der Waals surface area contributed by atoms with Gasteiger partial charge < -0.3 is 19.8 Å². The molecular formula is C15H11NO5. The van der Waals surface area contributed by atoms with Crippen LogP contribution in [0.2, 0.25) is 0 Å². The van der Waals surface area contributed by atoms with Gasteiger partial charge in [-0.25, -0.2) is 9.59 Å². The summed E-state index contributed by atoms with van der Waals surface area (Å²) >= 11 is 0. The van der Waals surface area contributed by atoms with Crippen molar-refractivity contribution in [3.8, 4) is 11.5 Å². The molecule has 2 N–H and O–H groups in total. The Kier molecular flexibility index (Phi) is 2.79. The summed E-state index contributed by atoms with van der Waals surface area (Å²) in [4.78, 5) is 23.8. The Labute approximate surface area is 119 Å². The Morgan fingerprint density at radius 2 is 1.52 bits per heavy atom. The maximum Gasteiger partial charge on any atom is 0.335 e. The predicted octanol–water partition coefficient (Wildman–Crippen LogP) is 2.96. The zero-order valence-electron chi connectivity index (χ0n) is 11.0. The second-order valence-electron chi connectivity index (χ2n) is 4.64. The van der Waals surface area contributed by atoms with E-state index in [1.54, 1.807) is 24.1 Å². The monoisotopic (exact) mass is 285 g/mol. The molecule has 0 bridgehead atoms. The highest BCUT2D eigenvalue weighted by Crippen LogP contribution is 2.46. The number of aromatic carboxylic acids is 2. The molecule has 106 valence electrons. The highest BCUT2D eigenvalue weighted by atomic mass is 16.5. The van der Waals surface area contributed by atoms with Crippen LogP contribution in [-0.2, 0) is 0 Å². The quantitative estimate of drug-likeness (QED) is 0.882. The predicted molar refractivity (Wildman–Crippen MR) is 74.9 cm³/mol. The van der Waals surface area contributed by atoms with E-state index < -0.39 is 11.9 Å². The second kappa shape index (κ2) is 4.52. The average Bonchev–Trinajstić information content (AvgIpc) is 2.46. The molecule has 3 rings (SSSR count). The van der Waals surface area contributed by atoms with Crippen molar-refractivity contribution in [2.45, 2.75) is 0 Å². The molecule has 0 spiro atoms. The fraction of sp³-hybridized carbons (Fsp3) is 0.0667. The van der Waals surface area contributed by atoms with E-state index in [-0.39, 0.29) is 11.1 Å². The summed E-state index contributed by atoms with van der Waals surface area (Å²) in [6, 6.07) is 9.09. The molecule has 0 saturated heterocycles. The van der Waals surface area contributed by atoms with Crippen molar-refractivity contribution in [3.63, 3.8) is 0 Å². The van der Waals surface area contributed by atoms with Gasteiger partial charge in [-0.15, -0.1) is 0 Å². The topological polar surface area (TPSA) is 87.1 Å². The number of rotatable bonds is 2. The summed E-state index contributed by atoms with van der Waals surface area (Å²) in [5, 5.41) is 18.1. The zero-order chi connectivity index (χ0) is 15.1. The maximum absolute atomic E-state index is 11.0. The van der Waals surface area contributed by atoms with Crippen LogP contribution in [0.25, 0.3) is 0 Å². The molecule has 2 aromatic carbocycles. The first kappa shape index (κ1) is 13.0. The lowest BCUT2D eigenvalue weighted by Crippen LogP contribution is -2.17. The van der Waals surface area contributed by atoms with E-state index in [4.69, 9.17) is 14.9 Å². The third-order valence-electron chi connectivity index (χ3n) is 3.36. The van der Waals surface area contributed by atoms with Crippen LogP contribution in [-0.4, -0.2) is 29.2 Å². The van der Waals surface area contributed by atoms with E-state index in [9.17, 15) is 9.59 Å². The van der Waals surface area contributed by atoms with Crippen molar-refractivity contribution in [1.82, 2.24) is 0 Å². The summed E-state index contributed by atoms with van der Waals surface area (Å²) in [6.07, 6.45) is 0. The second-order valence-corrected chi connectivity index (χ2v) is 4.64. The molecule has 0 atom stereocenters. The first-order valence-corrected chi connectivity index (χ1v) is 6.13. The third kappa shape index (κ3) is 2.06. The van der Waals surface area contributed by atoms with Crippen molar-refractivity contribution in [2.24, 2.45) is 0 Å². The van der Waals surface area contributed by atoms with Crippen LogP contribution in [0.3, 0.4) is 0 Å². The number of ether oxygens (including phenoxy) is 1. The number of carboxylic acids is 2. The summed E-state index contributed by atoms with van der Waals surface area (Å²) in [5.41, 5.74) is 1.59. The Bertz CT molecular complexity index is 769. The van der Waals surface area contributed by atoms with Crippen molar-refractivity contribution >= 4 is 23.3 Å². The number of fused-ring (bicyclic) bond motifs is 2. The van der Waals surface area contributed by atoms with E-state index >= 15 is 0 Å². The lowest BCUT2D eigenvalue weighted by Gasteiger charge is -2.30. The first-order valence-electron chi connectivity index (χ1n) is 6.13. The van der Waals surface area contributed by atoms with Gasteiger partial charge in [0.1, 0.15) is 0 Å². The van der Waals surface area contributed by atoms with Gasteiger partial charge in [-0.1, -0.05) is 0 Å². The molecule has 0 unspecified atom stereocenters. The van der Waals surface area contributed by atoms with Gasteiger partial charge in [0.2, 0.25) is 0 Å². The molecule has 0 saturated carbocycles. The first-order chi connectivity index (χ1) is 9.97. The summed E-state index contributed by atoms with van der Waals surface area (Å²) < 4.78 is 5.68. The lowest BCUT2D eigenvalue weighted by atomic mass is 10.1. The van der Waals surface area contributed by atoms with Crippen LogP contribution in [0.15, 0.2) is 36.4 Å². The van der Waals surface area contributed by atoms with E-state index in [0.717, 1.165) is 0 Å². The van der Waals surface area contributed by atoms with Crippen molar-refractivity contribution in [3.05, 3.63) is 47.5 Å². The molecule has 0 aliphatic carbocycles. The van der Waals surface area contributed by atoms with Gasteiger partial charge in [-0.2, -0.15) is 0 Å².